The SMILES string of the molecule is CC[NH+]1CCC([NH+]2CCC[C@@H](C)C2)CC1. The first-order valence-corrected chi connectivity index (χ1v) is 6.97. The van der Waals surface area contributed by atoms with Crippen molar-refractivity contribution in [3.8, 4) is 0 Å². The Balaban J connectivity index is 1.79. The van der Waals surface area contributed by atoms with Crippen LogP contribution in [0.4, 0.5) is 0 Å². The van der Waals surface area contributed by atoms with Crippen molar-refractivity contribution in [3.63, 3.8) is 0 Å². The van der Waals surface area contributed by atoms with E-state index < -0.39 is 0 Å². The molecular formula is C13H28N2+2. The topological polar surface area (TPSA) is 8.88 Å². The zero-order valence-electron chi connectivity index (χ0n) is 10.5. The summed E-state index contributed by atoms with van der Waals surface area (Å²) >= 11 is 0. The van der Waals surface area contributed by atoms with Gasteiger partial charge in [-0.25, -0.2) is 0 Å². The van der Waals surface area contributed by atoms with Crippen molar-refractivity contribution in [2.75, 3.05) is 32.7 Å². The van der Waals surface area contributed by atoms with E-state index in [0.717, 1.165) is 12.0 Å². The van der Waals surface area contributed by atoms with Gasteiger partial charge < -0.3 is 9.80 Å². The Hall–Kier alpha value is -0.0800. The average Bonchev–Trinajstić information content (AvgIpc) is 2.29. The van der Waals surface area contributed by atoms with Gasteiger partial charge in [0, 0.05) is 18.8 Å². The molecule has 0 aliphatic carbocycles. The van der Waals surface area contributed by atoms with Gasteiger partial charge in [-0.05, 0) is 19.8 Å². The lowest BCUT2D eigenvalue weighted by Gasteiger charge is -2.37. The maximum absolute atomic E-state index is 2.44. The molecule has 2 fully saturated rings. The Labute approximate surface area is 94.6 Å². The maximum Gasteiger partial charge on any atom is 0.0983 e. The molecule has 0 bridgehead atoms. The number of nitrogens with one attached hydrogen (secondary N) is 2. The second kappa shape index (κ2) is 5.31. The first-order chi connectivity index (χ1) is 7.29. The van der Waals surface area contributed by atoms with Crippen molar-refractivity contribution in [2.45, 2.75) is 45.6 Å². The predicted octanol–water partition coefficient (Wildman–Crippen LogP) is -0.632. The molecule has 2 rings (SSSR count). The van der Waals surface area contributed by atoms with Gasteiger partial charge in [0.25, 0.3) is 0 Å². The van der Waals surface area contributed by atoms with Crippen LogP contribution >= 0.6 is 0 Å². The van der Waals surface area contributed by atoms with Gasteiger partial charge in [-0.1, -0.05) is 6.92 Å². The van der Waals surface area contributed by atoms with Crippen LogP contribution < -0.4 is 9.80 Å². The molecule has 2 aliphatic rings. The molecule has 0 aromatic carbocycles. The highest BCUT2D eigenvalue weighted by Crippen LogP contribution is 2.07. The minimum Gasteiger partial charge on any atom is -0.335 e. The largest absolute Gasteiger partial charge is 0.335 e. The molecule has 0 spiro atoms. The summed E-state index contributed by atoms with van der Waals surface area (Å²) in [6.45, 7) is 11.9. The first-order valence-electron chi connectivity index (χ1n) is 6.97. The molecule has 2 saturated heterocycles. The van der Waals surface area contributed by atoms with Crippen molar-refractivity contribution in [2.24, 2.45) is 5.92 Å². The Bertz CT molecular complexity index is 185. The fourth-order valence-electron chi connectivity index (χ4n) is 3.49. The summed E-state index contributed by atoms with van der Waals surface area (Å²) in [6, 6.07) is 1.00. The van der Waals surface area contributed by atoms with Crippen LogP contribution in [0.25, 0.3) is 0 Å². The van der Waals surface area contributed by atoms with Gasteiger partial charge in [-0.2, -0.15) is 0 Å². The molecule has 15 heavy (non-hydrogen) atoms. The number of piperidine rings is 2. The maximum atomic E-state index is 2.44. The molecule has 2 aliphatic heterocycles. The number of quaternary nitrogens is 2. The lowest BCUT2D eigenvalue weighted by molar-refractivity contribution is -0.962. The molecule has 0 aromatic rings. The summed E-state index contributed by atoms with van der Waals surface area (Å²) in [5.41, 5.74) is 0. The lowest BCUT2D eigenvalue weighted by Crippen LogP contribution is -3.21. The van der Waals surface area contributed by atoms with E-state index in [4.69, 9.17) is 0 Å². The van der Waals surface area contributed by atoms with E-state index in [1.807, 2.05) is 9.80 Å². The molecule has 2 nitrogen and oxygen atoms in total. The highest BCUT2D eigenvalue weighted by atomic mass is 15.2. The van der Waals surface area contributed by atoms with E-state index in [1.54, 1.807) is 0 Å². The van der Waals surface area contributed by atoms with E-state index in [-0.39, 0.29) is 0 Å². The molecule has 2 atom stereocenters. The van der Waals surface area contributed by atoms with E-state index in [9.17, 15) is 0 Å². The third kappa shape index (κ3) is 2.94. The van der Waals surface area contributed by atoms with Crippen LogP contribution in [-0.2, 0) is 0 Å². The summed E-state index contributed by atoms with van der Waals surface area (Å²) in [6.07, 6.45) is 5.90. The number of hydrogen-bond acceptors (Lipinski definition) is 0. The number of rotatable bonds is 2. The van der Waals surface area contributed by atoms with Gasteiger partial charge in [0.1, 0.15) is 0 Å². The van der Waals surface area contributed by atoms with Crippen molar-refractivity contribution in [3.05, 3.63) is 0 Å². The molecule has 88 valence electrons. The summed E-state index contributed by atoms with van der Waals surface area (Å²) in [5, 5.41) is 0. The lowest BCUT2D eigenvalue weighted by atomic mass is 9.95. The second-order valence-corrected chi connectivity index (χ2v) is 5.74. The van der Waals surface area contributed by atoms with Crippen LogP contribution in [0, 0.1) is 5.92 Å². The average molecular weight is 212 g/mol. The van der Waals surface area contributed by atoms with Gasteiger partial charge in [0.15, 0.2) is 0 Å². The molecule has 2 heterocycles. The van der Waals surface area contributed by atoms with Crippen molar-refractivity contribution in [1.29, 1.82) is 0 Å². The van der Waals surface area contributed by atoms with Crippen LogP contribution in [-0.4, -0.2) is 38.8 Å². The van der Waals surface area contributed by atoms with Gasteiger partial charge in [0.2, 0.25) is 0 Å². The van der Waals surface area contributed by atoms with E-state index in [2.05, 4.69) is 13.8 Å². The normalized spacial score (nSPS) is 42.8. The summed E-state index contributed by atoms with van der Waals surface area (Å²) < 4.78 is 0. The summed E-state index contributed by atoms with van der Waals surface area (Å²) in [5.74, 6) is 0.977. The Morgan fingerprint density at radius 2 is 1.80 bits per heavy atom. The van der Waals surface area contributed by atoms with Crippen LogP contribution in [0.2, 0.25) is 0 Å². The van der Waals surface area contributed by atoms with E-state index in [0.29, 0.717) is 0 Å². The van der Waals surface area contributed by atoms with Gasteiger partial charge in [0.05, 0.1) is 38.8 Å². The summed E-state index contributed by atoms with van der Waals surface area (Å²) in [4.78, 5) is 3.76. The minimum absolute atomic E-state index is 0.977. The highest BCUT2D eigenvalue weighted by Gasteiger charge is 2.31. The van der Waals surface area contributed by atoms with E-state index >= 15 is 0 Å². The standard InChI is InChI=1S/C13H26N2/c1-3-14-9-6-13(7-10-14)15-8-4-5-12(2)11-15/h12-13H,3-11H2,1-2H3/p+2/t12-/m1/s1. The molecule has 0 aromatic heterocycles. The van der Waals surface area contributed by atoms with Crippen molar-refractivity contribution in [1.82, 2.24) is 0 Å². The zero-order chi connectivity index (χ0) is 10.7. The molecule has 0 amide bonds. The summed E-state index contributed by atoms with van der Waals surface area (Å²) in [7, 11) is 0. The Kier molecular flexibility index (Phi) is 4.04. The minimum atomic E-state index is 0.977. The molecule has 2 heteroatoms. The number of likely N-dealkylation sites (tertiary alicyclic amines) is 2. The van der Waals surface area contributed by atoms with E-state index in [1.165, 1.54) is 58.4 Å². The van der Waals surface area contributed by atoms with Crippen molar-refractivity contribution < 1.29 is 9.80 Å². The van der Waals surface area contributed by atoms with Gasteiger partial charge in [-0.15, -0.1) is 0 Å². The predicted molar refractivity (Wildman–Crippen MR) is 63.4 cm³/mol. The Morgan fingerprint density at radius 1 is 1.07 bits per heavy atom. The molecule has 0 saturated carbocycles. The molecule has 1 unspecified atom stereocenters. The monoisotopic (exact) mass is 212 g/mol. The third-order valence-corrected chi connectivity index (χ3v) is 4.58. The van der Waals surface area contributed by atoms with Crippen LogP contribution in [0.15, 0.2) is 0 Å². The van der Waals surface area contributed by atoms with Crippen LogP contribution in [0.3, 0.4) is 0 Å². The third-order valence-electron chi connectivity index (χ3n) is 4.58. The molecule has 0 radical (unpaired) electrons. The fourth-order valence-corrected chi connectivity index (χ4v) is 3.49. The fraction of sp³-hybridized carbons (Fsp3) is 1.00. The zero-order valence-corrected chi connectivity index (χ0v) is 10.5. The second-order valence-electron chi connectivity index (χ2n) is 5.74. The number of hydrogen-bond donors (Lipinski definition) is 2. The quantitative estimate of drug-likeness (QED) is 0.603. The van der Waals surface area contributed by atoms with Gasteiger partial charge in [-0.3, -0.25) is 0 Å². The first kappa shape index (κ1) is 11.4. The highest BCUT2D eigenvalue weighted by molar-refractivity contribution is 4.64. The van der Waals surface area contributed by atoms with Crippen LogP contribution in [0.1, 0.15) is 39.5 Å². The smallest absolute Gasteiger partial charge is 0.0983 e. The molecule has 2 N–H and O–H groups in total. The van der Waals surface area contributed by atoms with Gasteiger partial charge >= 0.3 is 0 Å². The Morgan fingerprint density at radius 3 is 2.40 bits per heavy atom. The molecular weight excluding hydrogens is 184 g/mol. The van der Waals surface area contributed by atoms with Crippen LogP contribution in [0.5, 0.6) is 0 Å². The van der Waals surface area contributed by atoms with Crippen molar-refractivity contribution >= 4 is 0 Å².